The van der Waals surface area contributed by atoms with E-state index < -0.39 is 0 Å². The summed E-state index contributed by atoms with van der Waals surface area (Å²) in [5.74, 6) is -0.791. The van der Waals surface area contributed by atoms with Crippen LogP contribution in [0.4, 0.5) is 0 Å². The van der Waals surface area contributed by atoms with Gasteiger partial charge in [0.25, 0.3) is 11.5 Å². The first-order chi connectivity index (χ1) is 12.0. The van der Waals surface area contributed by atoms with Crippen LogP contribution in [0.25, 0.3) is 0 Å². The molecule has 0 bridgehead atoms. The summed E-state index contributed by atoms with van der Waals surface area (Å²) >= 11 is 0. The topological polar surface area (TPSA) is 86.6 Å². The fraction of sp³-hybridized carbons (Fsp3) is 0.611. The van der Waals surface area contributed by atoms with Crippen molar-refractivity contribution in [3.8, 4) is 0 Å². The van der Waals surface area contributed by atoms with E-state index in [1.54, 1.807) is 23.8 Å². The van der Waals surface area contributed by atoms with Crippen LogP contribution >= 0.6 is 0 Å². The lowest BCUT2D eigenvalue weighted by Crippen LogP contribution is -2.48. The SMILES string of the molecule is COC(=O)C1CC(NC(=O)c2c(C)ccn(CC3CCCO3)c2=O)C1. The second-order valence-electron chi connectivity index (χ2n) is 6.83. The van der Waals surface area contributed by atoms with E-state index in [0.717, 1.165) is 19.4 Å². The summed E-state index contributed by atoms with van der Waals surface area (Å²) in [5, 5.41) is 2.85. The van der Waals surface area contributed by atoms with Crippen LogP contribution in [0.3, 0.4) is 0 Å². The maximum atomic E-state index is 12.7. The zero-order chi connectivity index (χ0) is 18.0. The minimum Gasteiger partial charge on any atom is -0.469 e. The normalized spacial score (nSPS) is 25.3. The van der Waals surface area contributed by atoms with E-state index in [2.05, 4.69) is 5.32 Å². The monoisotopic (exact) mass is 348 g/mol. The second kappa shape index (κ2) is 7.39. The van der Waals surface area contributed by atoms with E-state index in [-0.39, 0.29) is 41.1 Å². The van der Waals surface area contributed by atoms with Crippen LogP contribution in [0.2, 0.25) is 0 Å². The molecule has 1 aliphatic heterocycles. The van der Waals surface area contributed by atoms with Gasteiger partial charge in [-0.25, -0.2) is 0 Å². The van der Waals surface area contributed by atoms with Gasteiger partial charge >= 0.3 is 5.97 Å². The van der Waals surface area contributed by atoms with Gasteiger partial charge in [-0.1, -0.05) is 0 Å². The van der Waals surface area contributed by atoms with Gasteiger partial charge in [0, 0.05) is 18.8 Å². The van der Waals surface area contributed by atoms with Crippen molar-refractivity contribution in [1.29, 1.82) is 0 Å². The lowest BCUT2D eigenvalue weighted by Gasteiger charge is -2.33. The number of methoxy groups -OCH3 is 1. The molecule has 1 saturated carbocycles. The van der Waals surface area contributed by atoms with E-state index in [1.807, 2.05) is 0 Å². The lowest BCUT2D eigenvalue weighted by atomic mass is 9.80. The van der Waals surface area contributed by atoms with Crippen molar-refractivity contribution in [1.82, 2.24) is 9.88 Å². The summed E-state index contributed by atoms with van der Waals surface area (Å²) in [6.07, 6.45) is 4.78. The van der Waals surface area contributed by atoms with Gasteiger partial charge < -0.3 is 19.4 Å². The van der Waals surface area contributed by atoms with Crippen LogP contribution in [0.15, 0.2) is 17.1 Å². The number of aryl methyl sites for hydroxylation is 1. The number of carbonyl (C=O) groups excluding carboxylic acids is 2. The molecule has 3 rings (SSSR count). The average molecular weight is 348 g/mol. The minimum absolute atomic E-state index is 0.0313. The van der Waals surface area contributed by atoms with Crippen LogP contribution in [0.5, 0.6) is 0 Å². The number of aromatic nitrogens is 1. The minimum atomic E-state index is -0.377. The Morgan fingerprint density at radius 3 is 2.80 bits per heavy atom. The zero-order valence-corrected chi connectivity index (χ0v) is 14.6. The van der Waals surface area contributed by atoms with Crippen molar-refractivity contribution in [3.05, 3.63) is 33.7 Å². The Morgan fingerprint density at radius 2 is 2.16 bits per heavy atom. The summed E-state index contributed by atoms with van der Waals surface area (Å²) in [7, 11) is 1.36. The van der Waals surface area contributed by atoms with E-state index in [9.17, 15) is 14.4 Å². The van der Waals surface area contributed by atoms with Crippen LogP contribution in [0, 0.1) is 12.8 Å². The van der Waals surface area contributed by atoms with Crippen LogP contribution in [0.1, 0.15) is 41.6 Å². The van der Waals surface area contributed by atoms with Gasteiger partial charge in [0.1, 0.15) is 5.56 Å². The largest absolute Gasteiger partial charge is 0.469 e. The molecule has 0 spiro atoms. The Balaban J connectivity index is 1.67. The number of amides is 1. The first-order valence-electron chi connectivity index (χ1n) is 8.70. The lowest BCUT2D eigenvalue weighted by molar-refractivity contribution is -0.149. The number of carbonyl (C=O) groups is 2. The van der Waals surface area contributed by atoms with E-state index in [4.69, 9.17) is 9.47 Å². The van der Waals surface area contributed by atoms with Gasteiger partial charge in [-0.05, 0) is 44.2 Å². The maximum Gasteiger partial charge on any atom is 0.308 e. The smallest absolute Gasteiger partial charge is 0.308 e. The third-order valence-electron chi connectivity index (χ3n) is 5.03. The van der Waals surface area contributed by atoms with E-state index in [1.165, 1.54) is 7.11 Å². The fourth-order valence-electron chi connectivity index (χ4n) is 3.45. The molecular formula is C18H24N2O5. The molecular weight excluding hydrogens is 324 g/mol. The number of hydrogen-bond donors (Lipinski definition) is 1. The molecule has 2 aliphatic rings. The van der Waals surface area contributed by atoms with Crippen LogP contribution in [-0.2, 0) is 20.8 Å². The highest BCUT2D eigenvalue weighted by Crippen LogP contribution is 2.28. The number of pyridine rings is 1. The number of nitrogens with zero attached hydrogens (tertiary/aromatic N) is 1. The molecule has 1 saturated heterocycles. The molecule has 1 N–H and O–H groups in total. The highest BCUT2D eigenvalue weighted by atomic mass is 16.5. The Kier molecular flexibility index (Phi) is 5.22. The van der Waals surface area contributed by atoms with Crippen LogP contribution < -0.4 is 10.9 Å². The molecule has 1 aromatic heterocycles. The predicted molar refractivity (Wildman–Crippen MR) is 90.4 cm³/mol. The standard InChI is InChI=1S/C18H24N2O5/c1-11-5-6-20(10-14-4-3-7-25-14)17(22)15(11)16(21)19-13-8-12(9-13)18(23)24-2/h5-6,12-14H,3-4,7-10H2,1-2H3,(H,19,21). The van der Waals surface area contributed by atoms with Crippen molar-refractivity contribution in [3.63, 3.8) is 0 Å². The fourth-order valence-corrected chi connectivity index (χ4v) is 3.45. The maximum absolute atomic E-state index is 12.7. The summed E-state index contributed by atoms with van der Waals surface area (Å²) in [6, 6.07) is 1.69. The summed E-state index contributed by atoms with van der Waals surface area (Å²) in [6.45, 7) is 2.94. The van der Waals surface area contributed by atoms with Gasteiger partial charge in [-0.3, -0.25) is 14.4 Å². The highest BCUT2D eigenvalue weighted by Gasteiger charge is 2.36. The average Bonchev–Trinajstić information content (AvgIpc) is 3.05. The Bertz CT molecular complexity index is 715. The molecule has 1 amide bonds. The summed E-state index contributed by atoms with van der Waals surface area (Å²) in [5.41, 5.74) is 0.522. The molecule has 1 aromatic rings. The van der Waals surface area contributed by atoms with Crippen LogP contribution in [-0.4, -0.2) is 42.3 Å². The molecule has 25 heavy (non-hydrogen) atoms. The first-order valence-corrected chi connectivity index (χ1v) is 8.70. The molecule has 0 aromatic carbocycles. The Morgan fingerprint density at radius 1 is 1.40 bits per heavy atom. The number of rotatable bonds is 5. The van der Waals surface area contributed by atoms with Crippen molar-refractivity contribution < 1.29 is 19.1 Å². The zero-order valence-electron chi connectivity index (χ0n) is 14.6. The highest BCUT2D eigenvalue weighted by molar-refractivity contribution is 5.95. The number of nitrogens with one attached hydrogen (secondary N) is 1. The van der Waals surface area contributed by atoms with E-state index in [0.29, 0.717) is 24.9 Å². The summed E-state index contributed by atoms with van der Waals surface area (Å²) in [4.78, 5) is 36.7. The Labute approximate surface area is 146 Å². The van der Waals surface area contributed by atoms with Gasteiger partial charge in [0.05, 0.1) is 25.7 Å². The molecule has 7 nitrogen and oxygen atoms in total. The molecule has 0 radical (unpaired) electrons. The second-order valence-corrected chi connectivity index (χ2v) is 6.83. The predicted octanol–water partition coefficient (Wildman–Crippen LogP) is 1.02. The Hall–Kier alpha value is -2.15. The van der Waals surface area contributed by atoms with Crippen molar-refractivity contribution in [2.75, 3.05) is 13.7 Å². The van der Waals surface area contributed by atoms with Gasteiger partial charge in [0.2, 0.25) is 0 Å². The third kappa shape index (κ3) is 3.76. The van der Waals surface area contributed by atoms with Crippen molar-refractivity contribution in [2.24, 2.45) is 5.92 Å². The molecule has 136 valence electrons. The van der Waals surface area contributed by atoms with Gasteiger partial charge in [-0.15, -0.1) is 0 Å². The molecule has 1 atom stereocenters. The molecule has 1 aliphatic carbocycles. The van der Waals surface area contributed by atoms with Gasteiger partial charge in [0.15, 0.2) is 0 Å². The number of esters is 1. The quantitative estimate of drug-likeness (QED) is 0.803. The van der Waals surface area contributed by atoms with Crippen molar-refractivity contribution in [2.45, 2.75) is 51.3 Å². The van der Waals surface area contributed by atoms with E-state index >= 15 is 0 Å². The molecule has 1 unspecified atom stereocenters. The molecule has 7 heteroatoms. The van der Waals surface area contributed by atoms with Gasteiger partial charge in [-0.2, -0.15) is 0 Å². The summed E-state index contributed by atoms with van der Waals surface area (Å²) < 4.78 is 11.8. The number of ether oxygens (including phenoxy) is 2. The molecule has 2 heterocycles. The first kappa shape index (κ1) is 17.7. The molecule has 2 fully saturated rings. The van der Waals surface area contributed by atoms with Crippen molar-refractivity contribution >= 4 is 11.9 Å². The third-order valence-corrected chi connectivity index (χ3v) is 5.03. The number of hydrogen-bond acceptors (Lipinski definition) is 5.